The van der Waals surface area contributed by atoms with E-state index in [0.717, 1.165) is 11.5 Å². The van der Waals surface area contributed by atoms with Gasteiger partial charge in [-0.15, -0.1) is 0 Å². The van der Waals surface area contributed by atoms with Crippen LogP contribution in [0, 0.1) is 0 Å². The van der Waals surface area contributed by atoms with Crippen molar-refractivity contribution < 1.29 is 9.47 Å². The second-order valence-electron chi connectivity index (χ2n) is 3.00. The van der Waals surface area contributed by atoms with Crippen molar-refractivity contribution in [3.05, 3.63) is 18.2 Å². The van der Waals surface area contributed by atoms with E-state index >= 15 is 0 Å². The highest BCUT2D eigenvalue weighted by molar-refractivity contribution is 7.73. The summed E-state index contributed by atoms with van der Waals surface area (Å²) >= 11 is 0. The van der Waals surface area contributed by atoms with E-state index < -0.39 is 0 Å². The summed E-state index contributed by atoms with van der Waals surface area (Å²) in [5, 5.41) is 1.31. The number of methoxy groups -OCH3 is 2. The van der Waals surface area contributed by atoms with Gasteiger partial charge in [0.15, 0.2) is 0 Å². The highest BCUT2D eigenvalue weighted by Gasteiger charge is 2.29. The van der Waals surface area contributed by atoms with Gasteiger partial charge >= 0.3 is 0 Å². The second kappa shape index (κ2) is 3.55. The lowest BCUT2D eigenvalue weighted by atomic mass is 10.3. The number of rotatable bonds is 3. The fraction of sp³-hybridized carbons (Fsp3) is 0.400. The minimum atomic E-state index is 0.0512. The standard InChI is InChI=1S/C10H13O2P/c1-11-8-4-3-5-9(12-2)10(8)13-6-7-13/h3-5H,6-7H2,1-2H3. The first-order valence-electron chi connectivity index (χ1n) is 4.32. The van der Waals surface area contributed by atoms with E-state index in [1.165, 1.54) is 17.6 Å². The number of hydrogen-bond acceptors (Lipinski definition) is 2. The highest BCUT2D eigenvalue weighted by Crippen LogP contribution is 2.53. The Hall–Kier alpha value is -0.750. The molecular weight excluding hydrogens is 183 g/mol. The Morgan fingerprint density at radius 1 is 1.08 bits per heavy atom. The first-order valence-corrected chi connectivity index (χ1v) is 6.04. The van der Waals surface area contributed by atoms with Crippen molar-refractivity contribution in [3.8, 4) is 11.5 Å². The lowest BCUT2D eigenvalue weighted by Crippen LogP contribution is -2.05. The van der Waals surface area contributed by atoms with Crippen molar-refractivity contribution in [2.75, 3.05) is 26.5 Å². The average Bonchev–Trinajstić information content (AvgIpc) is 3.00. The molecule has 0 atom stereocenters. The van der Waals surface area contributed by atoms with E-state index in [2.05, 4.69) is 0 Å². The predicted octanol–water partition coefficient (Wildman–Crippen LogP) is 1.82. The van der Waals surface area contributed by atoms with E-state index in [-0.39, 0.29) is 7.92 Å². The highest BCUT2D eigenvalue weighted by atomic mass is 31.1. The second-order valence-corrected chi connectivity index (χ2v) is 5.42. The topological polar surface area (TPSA) is 18.5 Å². The number of benzene rings is 1. The third-order valence-corrected chi connectivity index (χ3v) is 4.13. The molecule has 0 N–H and O–H groups in total. The van der Waals surface area contributed by atoms with Crippen molar-refractivity contribution in [1.29, 1.82) is 0 Å². The smallest absolute Gasteiger partial charge is 0.130 e. The van der Waals surface area contributed by atoms with Gasteiger partial charge in [0.05, 0.1) is 19.5 Å². The summed E-state index contributed by atoms with van der Waals surface area (Å²) in [5.74, 6) is 1.98. The SMILES string of the molecule is COc1cccc(OC)c1P1CC1. The lowest BCUT2D eigenvalue weighted by molar-refractivity contribution is 0.401. The lowest BCUT2D eigenvalue weighted by Gasteiger charge is -2.11. The van der Waals surface area contributed by atoms with Crippen LogP contribution in [0.2, 0.25) is 0 Å². The zero-order chi connectivity index (χ0) is 9.26. The maximum atomic E-state index is 5.33. The molecule has 0 spiro atoms. The minimum Gasteiger partial charge on any atom is -0.496 e. The van der Waals surface area contributed by atoms with Gasteiger partial charge in [0.25, 0.3) is 0 Å². The quantitative estimate of drug-likeness (QED) is 0.686. The van der Waals surface area contributed by atoms with Gasteiger partial charge < -0.3 is 9.47 Å². The van der Waals surface area contributed by atoms with Gasteiger partial charge in [-0.05, 0) is 24.5 Å². The molecule has 0 amide bonds. The van der Waals surface area contributed by atoms with E-state index in [0.29, 0.717) is 0 Å². The fourth-order valence-electron chi connectivity index (χ4n) is 1.42. The molecule has 0 aliphatic carbocycles. The summed E-state index contributed by atoms with van der Waals surface area (Å²) < 4.78 is 10.7. The predicted molar refractivity (Wildman–Crippen MR) is 55.8 cm³/mol. The van der Waals surface area contributed by atoms with Crippen LogP contribution in [0.5, 0.6) is 11.5 Å². The summed E-state index contributed by atoms with van der Waals surface area (Å²) in [6.45, 7) is 0. The van der Waals surface area contributed by atoms with Gasteiger partial charge in [-0.2, -0.15) is 0 Å². The molecule has 2 nitrogen and oxygen atoms in total. The third-order valence-electron chi connectivity index (χ3n) is 2.17. The Balaban J connectivity index is 2.44. The molecule has 1 aliphatic rings. The van der Waals surface area contributed by atoms with Crippen molar-refractivity contribution in [2.24, 2.45) is 0 Å². The van der Waals surface area contributed by atoms with E-state index in [4.69, 9.17) is 9.47 Å². The van der Waals surface area contributed by atoms with Crippen LogP contribution in [-0.4, -0.2) is 26.5 Å². The summed E-state index contributed by atoms with van der Waals surface area (Å²) in [5.41, 5.74) is 0. The molecule has 0 radical (unpaired) electrons. The maximum absolute atomic E-state index is 5.33. The zero-order valence-electron chi connectivity index (χ0n) is 7.91. The monoisotopic (exact) mass is 196 g/mol. The molecular formula is C10H13O2P. The molecule has 13 heavy (non-hydrogen) atoms. The van der Waals surface area contributed by atoms with E-state index in [9.17, 15) is 0 Å². The Labute approximate surface area is 79.6 Å². The molecule has 0 saturated carbocycles. The van der Waals surface area contributed by atoms with Crippen LogP contribution >= 0.6 is 7.92 Å². The Bertz CT molecular complexity index is 286. The largest absolute Gasteiger partial charge is 0.496 e. The summed E-state index contributed by atoms with van der Waals surface area (Å²) in [6, 6.07) is 6.00. The molecule has 1 aromatic rings. The maximum Gasteiger partial charge on any atom is 0.130 e. The molecule has 1 heterocycles. The molecule has 70 valence electrons. The summed E-state index contributed by atoms with van der Waals surface area (Å²) in [4.78, 5) is 0. The first kappa shape index (κ1) is 8.83. The van der Waals surface area contributed by atoms with Gasteiger partial charge in [0.1, 0.15) is 11.5 Å². The zero-order valence-corrected chi connectivity index (χ0v) is 8.80. The Kier molecular flexibility index (Phi) is 2.41. The van der Waals surface area contributed by atoms with Gasteiger partial charge in [0, 0.05) is 0 Å². The van der Waals surface area contributed by atoms with Crippen molar-refractivity contribution in [1.82, 2.24) is 0 Å². The average molecular weight is 196 g/mol. The molecule has 1 saturated heterocycles. The first-order chi connectivity index (χ1) is 6.36. The summed E-state index contributed by atoms with van der Waals surface area (Å²) in [6.07, 6.45) is 2.65. The fourth-order valence-corrected chi connectivity index (χ4v) is 3.22. The van der Waals surface area contributed by atoms with Crippen LogP contribution in [0.4, 0.5) is 0 Å². The van der Waals surface area contributed by atoms with Gasteiger partial charge in [-0.3, -0.25) is 0 Å². The molecule has 0 aromatic heterocycles. The molecule has 1 aliphatic heterocycles. The molecule has 1 aromatic carbocycles. The summed E-state index contributed by atoms with van der Waals surface area (Å²) in [7, 11) is 3.49. The normalized spacial score (nSPS) is 15.5. The van der Waals surface area contributed by atoms with Gasteiger partial charge in [0.2, 0.25) is 0 Å². The van der Waals surface area contributed by atoms with Crippen molar-refractivity contribution in [2.45, 2.75) is 0 Å². The molecule has 2 rings (SSSR count). The van der Waals surface area contributed by atoms with Crippen LogP contribution in [-0.2, 0) is 0 Å². The van der Waals surface area contributed by atoms with Crippen molar-refractivity contribution >= 4 is 13.2 Å². The van der Waals surface area contributed by atoms with E-state index in [1.807, 2.05) is 18.2 Å². The van der Waals surface area contributed by atoms with Crippen LogP contribution in [0.3, 0.4) is 0 Å². The van der Waals surface area contributed by atoms with Crippen LogP contribution in [0.1, 0.15) is 0 Å². The molecule has 0 bridgehead atoms. The molecule has 0 unspecified atom stereocenters. The van der Waals surface area contributed by atoms with Crippen LogP contribution in [0.15, 0.2) is 18.2 Å². The van der Waals surface area contributed by atoms with Crippen molar-refractivity contribution in [3.63, 3.8) is 0 Å². The van der Waals surface area contributed by atoms with Gasteiger partial charge in [-0.25, -0.2) is 0 Å². The number of hydrogen-bond donors (Lipinski definition) is 0. The third kappa shape index (κ3) is 1.64. The minimum absolute atomic E-state index is 0.0512. The van der Waals surface area contributed by atoms with Crippen LogP contribution < -0.4 is 14.8 Å². The Morgan fingerprint density at radius 3 is 2.00 bits per heavy atom. The number of ether oxygens (including phenoxy) is 2. The van der Waals surface area contributed by atoms with Crippen LogP contribution in [0.25, 0.3) is 0 Å². The molecule has 3 heteroatoms. The molecule has 1 fully saturated rings. The van der Waals surface area contributed by atoms with Gasteiger partial charge in [-0.1, -0.05) is 14.0 Å². The van der Waals surface area contributed by atoms with E-state index in [1.54, 1.807) is 14.2 Å². The Morgan fingerprint density at radius 2 is 1.62 bits per heavy atom.